The number of hydrogen-bond donors (Lipinski definition) is 0. The van der Waals surface area contributed by atoms with Crippen LogP contribution < -0.4 is 9.64 Å². The third-order valence-electron chi connectivity index (χ3n) is 4.97. The van der Waals surface area contributed by atoms with Crippen molar-refractivity contribution >= 4 is 33.3 Å². The minimum atomic E-state index is -0.541. The Morgan fingerprint density at radius 2 is 1.68 bits per heavy atom. The van der Waals surface area contributed by atoms with Gasteiger partial charge in [0.25, 0.3) is 5.91 Å². The number of piperazine rings is 1. The number of benzene rings is 2. The number of ketones is 1. The standard InChI is InChI=1S/C22H25BrN2O3/c1-15-4-9-21(20(23)14-15)28-17(3)22(27)25-12-10-24(11-13-25)19-7-5-18(6-8-19)16(2)26/h4-9,14,17H,10-13H2,1-3H3. The number of hydrogen-bond acceptors (Lipinski definition) is 4. The number of rotatable bonds is 5. The van der Waals surface area contributed by atoms with E-state index in [1.165, 1.54) is 0 Å². The molecule has 0 aromatic heterocycles. The summed E-state index contributed by atoms with van der Waals surface area (Å²) in [5, 5.41) is 0. The first-order valence-corrected chi connectivity index (χ1v) is 10.2. The van der Waals surface area contributed by atoms with Crippen LogP contribution in [-0.4, -0.2) is 48.9 Å². The van der Waals surface area contributed by atoms with Crippen LogP contribution in [0.2, 0.25) is 0 Å². The Morgan fingerprint density at radius 1 is 1.04 bits per heavy atom. The van der Waals surface area contributed by atoms with E-state index in [4.69, 9.17) is 4.74 Å². The lowest BCUT2D eigenvalue weighted by atomic mass is 10.1. The Morgan fingerprint density at radius 3 is 2.25 bits per heavy atom. The van der Waals surface area contributed by atoms with Gasteiger partial charge in [-0.2, -0.15) is 0 Å². The van der Waals surface area contributed by atoms with Crippen molar-refractivity contribution in [3.63, 3.8) is 0 Å². The number of ether oxygens (including phenoxy) is 1. The van der Waals surface area contributed by atoms with Crippen LogP contribution in [0, 0.1) is 6.92 Å². The molecule has 3 rings (SSSR count). The van der Waals surface area contributed by atoms with Crippen LogP contribution in [-0.2, 0) is 4.79 Å². The lowest BCUT2D eigenvalue weighted by molar-refractivity contribution is -0.138. The SMILES string of the molecule is CC(=O)c1ccc(N2CCN(C(=O)C(C)Oc3ccc(C)cc3Br)CC2)cc1. The van der Waals surface area contributed by atoms with Crippen LogP contribution in [0.4, 0.5) is 5.69 Å². The first-order valence-electron chi connectivity index (χ1n) is 9.42. The molecular formula is C22H25BrN2O3. The first-order chi connectivity index (χ1) is 13.3. The molecular weight excluding hydrogens is 420 g/mol. The summed E-state index contributed by atoms with van der Waals surface area (Å²) < 4.78 is 6.73. The molecule has 1 unspecified atom stereocenters. The number of amides is 1. The third-order valence-corrected chi connectivity index (χ3v) is 5.59. The molecule has 0 saturated carbocycles. The van der Waals surface area contributed by atoms with Gasteiger partial charge in [-0.15, -0.1) is 0 Å². The molecule has 0 radical (unpaired) electrons. The molecule has 0 N–H and O–H groups in total. The molecule has 5 nitrogen and oxygen atoms in total. The summed E-state index contributed by atoms with van der Waals surface area (Å²) in [4.78, 5) is 28.3. The van der Waals surface area contributed by atoms with Crippen molar-refractivity contribution in [2.45, 2.75) is 26.9 Å². The molecule has 1 aliphatic heterocycles. The zero-order valence-corrected chi connectivity index (χ0v) is 18.0. The Kier molecular flexibility index (Phi) is 6.39. The van der Waals surface area contributed by atoms with Gasteiger partial charge in [-0.1, -0.05) is 6.07 Å². The largest absolute Gasteiger partial charge is 0.480 e. The number of nitrogens with zero attached hydrogens (tertiary/aromatic N) is 2. The summed E-state index contributed by atoms with van der Waals surface area (Å²) in [7, 11) is 0. The summed E-state index contributed by atoms with van der Waals surface area (Å²) in [6.07, 6.45) is -0.541. The van der Waals surface area contributed by atoms with Crippen molar-refractivity contribution < 1.29 is 14.3 Å². The van der Waals surface area contributed by atoms with E-state index in [2.05, 4.69) is 20.8 Å². The summed E-state index contributed by atoms with van der Waals surface area (Å²) >= 11 is 3.49. The van der Waals surface area contributed by atoms with E-state index < -0.39 is 6.10 Å². The van der Waals surface area contributed by atoms with E-state index in [1.807, 2.05) is 54.3 Å². The molecule has 2 aromatic rings. The van der Waals surface area contributed by atoms with Crippen molar-refractivity contribution in [1.29, 1.82) is 0 Å². The van der Waals surface area contributed by atoms with Crippen LogP contribution in [0.1, 0.15) is 29.8 Å². The van der Waals surface area contributed by atoms with E-state index >= 15 is 0 Å². The highest BCUT2D eigenvalue weighted by molar-refractivity contribution is 9.10. The van der Waals surface area contributed by atoms with Crippen molar-refractivity contribution in [2.24, 2.45) is 0 Å². The molecule has 0 spiro atoms. The van der Waals surface area contributed by atoms with E-state index in [-0.39, 0.29) is 11.7 Å². The number of anilines is 1. The zero-order valence-electron chi connectivity index (χ0n) is 16.4. The van der Waals surface area contributed by atoms with Crippen molar-refractivity contribution in [1.82, 2.24) is 4.90 Å². The second-order valence-electron chi connectivity index (χ2n) is 7.11. The number of aryl methyl sites for hydroxylation is 1. The number of carbonyl (C=O) groups excluding carboxylic acids is 2. The molecule has 28 heavy (non-hydrogen) atoms. The summed E-state index contributed by atoms with van der Waals surface area (Å²) in [5.74, 6) is 0.742. The molecule has 6 heteroatoms. The van der Waals surface area contributed by atoms with Gasteiger partial charge in [-0.3, -0.25) is 9.59 Å². The fourth-order valence-corrected chi connectivity index (χ4v) is 3.88. The second-order valence-corrected chi connectivity index (χ2v) is 7.96. The molecule has 1 aliphatic rings. The average molecular weight is 445 g/mol. The van der Waals surface area contributed by atoms with Crippen LogP contribution in [0.15, 0.2) is 46.9 Å². The van der Waals surface area contributed by atoms with E-state index in [9.17, 15) is 9.59 Å². The molecule has 1 heterocycles. The molecule has 1 fully saturated rings. The van der Waals surface area contributed by atoms with Gasteiger partial charge in [0.05, 0.1) is 4.47 Å². The Balaban J connectivity index is 1.56. The molecule has 1 saturated heterocycles. The van der Waals surface area contributed by atoms with E-state index in [1.54, 1.807) is 13.8 Å². The number of carbonyl (C=O) groups is 2. The first kappa shape index (κ1) is 20.4. The van der Waals surface area contributed by atoms with Crippen molar-refractivity contribution in [3.05, 3.63) is 58.1 Å². The predicted octanol–water partition coefficient (Wildman–Crippen LogP) is 4.08. The smallest absolute Gasteiger partial charge is 0.263 e. The summed E-state index contributed by atoms with van der Waals surface area (Å²) in [5.41, 5.74) is 2.92. The van der Waals surface area contributed by atoms with E-state index in [0.717, 1.165) is 28.8 Å². The van der Waals surface area contributed by atoms with E-state index in [0.29, 0.717) is 24.4 Å². The van der Waals surface area contributed by atoms with Gasteiger partial charge in [-0.05, 0) is 78.7 Å². The normalized spacial score (nSPS) is 15.3. The maximum absolute atomic E-state index is 12.8. The molecule has 0 bridgehead atoms. The lowest BCUT2D eigenvalue weighted by Gasteiger charge is -2.37. The van der Waals surface area contributed by atoms with Gasteiger partial charge in [0.1, 0.15) is 5.75 Å². The summed E-state index contributed by atoms with van der Waals surface area (Å²) in [6, 6.07) is 13.5. The monoisotopic (exact) mass is 444 g/mol. The minimum Gasteiger partial charge on any atom is -0.480 e. The summed E-state index contributed by atoms with van der Waals surface area (Å²) in [6.45, 7) is 8.18. The Bertz CT molecular complexity index is 859. The second kappa shape index (κ2) is 8.78. The molecule has 0 aliphatic carbocycles. The zero-order chi connectivity index (χ0) is 20.3. The number of Topliss-reactive ketones (excluding diaryl/α,β-unsaturated/α-hetero) is 1. The average Bonchev–Trinajstić information content (AvgIpc) is 2.69. The maximum atomic E-state index is 12.8. The van der Waals surface area contributed by atoms with Gasteiger partial charge in [-0.25, -0.2) is 0 Å². The van der Waals surface area contributed by atoms with Crippen molar-refractivity contribution in [2.75, 3.05) is 31.1 Å². The minimum absolute atomic E-state index is 0.000877. The van der Waals surface area contributed by atoms with Crippen LogP contribution in [0.25, 0.3) is 0 Å². The van der Waals surface area contributed by atoms with Crippen LogP contribution >= 0.6 is 15.9 Å². The lowest BCUT2D eigenvalue weighted by Crippen LogP contribution is -2.52. The topological polar surface area (TPSA) is 49.9 Å². The highest BCUT2D eigenvalue weighted by Crippen LogP contribution is 2.27. The molecule has 148 valence electrons. The van der Waals surface area contributed by atoms with Crippen molar-refractivity contribution in [3.8, 4) is 5.75 Å². The quantitative estimate of drug-likeness (QED) is 0.651. The predicted molar refractivity (Wildman–Crippen MR) is 114 cm³/mol. The van der Waals surface area contributed by atoms with Gasteiger partial charge in [0.15, 0.2) is 11.9 Å². The van der Waals surface area contributed by atoms with Gasteiger partial charge < -0.3 is 14.5 Å². The van der Waals surface area contributed by atoms with Crippen LogP contribution in [0.5, 0.6) is 5.75 Å². The molecule has 2 aromatic carbocycles. The third kappa shape index (κ3) is 4.73. The molecule has 1 amide bonds. The Labute approximate surface area is 174 Å². The van der Waals surface area contributed by atoms with Gasteiger partial charge in [0, 0.05) is 37.4 Å². The maximum Gasteiger partial charge on any atom is 0.263 e. The molecule has 1 atom stereocenters. The fourth-order valence-electron chi connectivity index (χ4n) is 3.29. The van der Waals surface area contributed by atoms with Gasteiger partial charge >= 0.3 is 0 Å². The van der Waals surface area contributed by atoms with Gasteiger partial charge in [0.2, 0.25) is 0 Å². The fraction of sp³-hybridized carbons (Fsp3) is 0.364. The Hall–Kier alpha value is -2.34. The van der Waals surface area contributed by atoms with Crippen LogP contribution in [0.3, 0.4) is 0 Å². The number of halogens is 1. The highest BCUT2D eigenvalue weighted by atomic mass is 79.9. The highest BCUT2D eigenvalue weighted by Gasteiger charge is 2.26.